The second-order valence-electron chi connectivity index (χ2n) is 3.14. The second kappa shape index (κ2) is 3.70. The van der Waals surface area contributed by atoms with Crippen LogP contribution >= 0.6 is 0 Å². The fourth-order valence-corrected chi connectivity index (χ4v) is 1.64. The van der Waals surface area contributed by atoms with Crippen LogP contribution < -0.4 is 0 Å². The summed E-state index contributed by atoms with van der Waals surface area (Å²) >= 11 is 0. The fourth-order valence-electron chi connectivity index (χ4n) is 1.64. The summed E-state index contributed by atoms with van der Waals surface area (Å²) in [6, 6.07) is 2.31. The first kappa shape index (κ1) is 8.44. The molecule has 1 aliphatic rings. The molecule has 1 aromatic heterocycles. The van der Waals surface area contributed by atoms with Crippen LogP contribution in [0.25, 0.3) is 0 Å². The van der Waals surface area contributed by atoms with Gasteiger partial charge in [-0.05, 0) is 19.6 Å². The summed E-state index contributed by atoms with van der Waals surface area (Å²) in [6.07, 6.45) is 3.80. The quantitative estimate of drug-likeness (QED) is 0.646. The molecule has 0 spiro atoms. The molecule has 1 aromatic rings. The lowest BCUT2D eigenvalue weighted by atomic mass is 10.1. The molecule has 1 aliphatic heterocycles. The summed E-state index contributed by atoms with van der Waals surface area (Å²) in [5.74, 6) is 0.854. The van der Waals surface area contributed by atoms with E-state index < -0.39 is 0 Å². The summed E-state index contributed by atoms with van der Waals surface area (Å²) < 4.78 is 7.22. The molecule has 70 valence electrons. The Bertz CT molecular complexity index is 289. The van der Waals surface area contributed by atoms with Crippen LogP contribution in [0.3, 0.4) is 0 Å². The number of aliphatic imine (C=N–C) groups is 1. The minimum atomic E-state index is 0.434. The number of hydrogen-bond donors (Lipinski definition) is 0. The van der Waals surface area contributed by atoms with Gasteiger partial charge in [-0.15, -0.1) is 0 Å². The third-order valence-electron chi connectivity index (χ3n) is 2.35. The molecule has 0 amide bonds. The van der Waals surface area contributed by atoms with Gasteiger partial charge in [-0.1, -0.05) is 0 Å². The predicted molar refractivity (Wildman–Crippen MR) is 50.5 cm³/mol. The predicted octanol–water partition coefficient (Wildman–Crippen LogP) is 1.57. The van der Waals surface area contributed by atoms with Crippen molar-refractivity contribution < 1.29 is 4.74 Å². The van der Waals surface area contributed by atoms with E-state index >= 15 is 0 Å². The molecule has 4 heteroatoms. The van der Waals surface area contributed by atoms with Crippen molar-refractivity contribution in [2.75, 3.05) is 13.2 Å². The maximum atomic E-state index is 5.28. The standard InChI is InChI=1S/C9H13N3O/c1-10-9-2-5-11-12(9)8-3-6-13-7-4-8/h2,5,8H,1,3-4,6-7H2. The molecule has 0 aromatic carbocycles. The van der Waals surface area contributed by atoms with Gasteiger partial charge in [-0.2, -0.15) is 5.10 Å². The van der Waals surface area contributed by atoms with Gasteiger partial charge >= 0.3 is 0 Å². The Kier molecular flexibility index (Phi) is 2.40. The molecular formula is C9H13N3O. The van der Waals surface area contributed by atoms with Crippen LogP contribution in [0.2, 0.25) is 0 Å². The van der Waals surface area contributed by atoms with Crippen LogP contribution in [0, 0.1) is 0 Å². The molecular weight excluding hydrogens is 166 g/mol. The Labute approximate surface area is 77.2 Å². The van der Waals surface area contributed by atoms with Crippen molar-refractivity contribution in [2.24, 2.45) is 4.99 Å². The van der Waals surface area contributed by atoms with Crippen LogP contribution in [0.4, 0.5) is 5.82 Å². The third kappa shape index (κ3) is 1.62. The molecule has 0 unspecified atom stereocenters. The highest BCUT2D eigenvalue weighted by molar-refractivity contribution is 5.39. The van der Waals surface area contributed by atoms with Crippen LogP contribution in [0.1, 0.15) is 18.9 Å². The normalized spacial score (nSPS) is 18.8. The van der Waals surface area contributed by atoms with Crippen LogP contribution in [0.5, 0.6) is 0 Å². The second-order valence-corrected chi connectivity index (χ2v) is 3.14. The van der Waals surface area contributed by atoms with Gasteiger partial charge < -0.3 is 4.74 Å². The Morgan fingerprint density at radius 3 is 3.00 bits per heavy atom. The topological polar surface area (TPSA) is 39.4 Å². The van der Waals surface area contributed by atoms with Gasteiger partial charge in [-0.25, -0.2) is 9.67 Å². The smallest absolute Gasteiger partial charge is 0.149 e. The highest BCUT2D eigenvalue weighted by Crippen LogP contribution is 2.24. The van der Waals surface area contributed by atoms with E-state index in [1.165, 1.54) is 0 Å². The zero-order valence-corrected chi connectivity index (χ0v) is 7.52. The number of nitrogens with zero attached hydrogens (tertiary/aromatic N) is 3. The van der Waals surface area contributed by atoms with Gasteiger partial charge in [-0.3, -0.25) is 0 Å². The van der Waals surface area contributed by atoms with Crippen molar-refractivity contribution >= 4 is 12.5 Å². The van der Waals surface area contributed by atoms with Gasteiger partial charge in [0.15, 0.2) is 0 Å². The average Bonchev–Trinajstić information content (AvgIpc) is 2.67. The number of aromatic nitrogens is 2. The maximum absolute atomic E-state index is 5.28. The molecule has 1 saturated heterocycles. The molecule has 0 radical (unpaired) electrons. The molecule has 4 nitrogen and oxygen atoms in total. The largest absolute Gasteiger partial charge is 0.381 e. The Morgan fingerprint density at radius 1 is 1.54 bits per heavy atom. The van der Waals surface area contributed by atoms with Crippen molar-refractivity contribution in [1.82, 2.24) is 9.78 Å². The van der Waals surface area contributed by atoms with Crippen molar-refractivity contribution in [3.63, 3.8) is 0 Å². The molecule has 0 saturated carbocycles. The molecule has 1 fully saturated rings. The Hall–Kier alpha value is -1.16. The Morgan fingerprint density at radius 2 is 2.31 bits per heavy atom. The zero-order chi connectivity index (χ0) is 9.10. The number of ether oxygens (including phenoxy) is 1. The van der Waals surface area contributed by atoms with E-state index in [4.69, 9.17) is 4.74 Å². The monoisotopic (exact) mass is 179 g/mol. The molecule has 0 atom stereocenters. The SMILES string of the molecule is C=Nc1ccnn1C1CCOCC1. The molecule has 2 heterocycles. The first-order chi connectivity index (χ1) is 6.42. The van der Waals surface area contributed by atoms with E-state index in [-0.39, 0.29) is 0 Å². The van der Waals surface area contributed by atoms with Gasteiger partial charge in [0.25, 0.3) is 0 Å². The van der Waals surface area contributed by atoms with E-state index in [1.54, 1.807) is 6.20 Å². The van der Waals surface area contributed by atoms with Gasteiger partial charge in [0, 0.05) is 19.3 Å². The highest BCUT2D eigenvalue weighted by atomic mass is 16.5. The van der Waals surface area contributed by atoms with Crippen LogP contribution in [-0.4, -0.2) is 29.7 Å². The lowest BCUT2D eigenvalue weighted by molar-refractivity contribution is 0.0667. The lowest BCUT2D eigenvalue weighted by Gasteiger charge is -2.23. The van der Waals surface area contributed by atoms with E-state index in [1.807, 2.05) is 10.7 Å². The van der Waals surface area contributed by atoms with E-state index in [2.05, 4.69) is 16.8 Å². The summed E-state index contributed by atoms with van der Waals surface area (Å²) in [6.45, 7) is 5.16. The van der Waals surface area contributed by atoms with Crippen molar-refractivity contribution in [1.29, 1.82) is 0 Å². The highest BCUT2D eigenvalue weighted by Gasteiger charge is 2.17. The van der Waals surface area contributed by atoms with Crippen LogP contribution in [0.15, 0.2) is 17.3 Å². The van der Waals surface area contributed by atoms with Gasteiger partial charge in [0.2, 0.25) is 0 Å². The molecule has 0 N–H and O–H groups in total. The Balaban J connectivity index is 2.17. The lowest BCUT2D eigenvalue weighted by Crippen LogP contribution is -2.20. The first-order valence-corrected chi connectivity index (χ1v) is 4.50. The van der Waals surface area contributed by atoms with Crippen LogP contribution in [-0.2, 0) is 4.74 Å². The average molecular weight is 179 g/mol. The minimum Gasteiger partial charge on any atom is -0.381 e. The minimum absolute atomic E-state index is 0.434. The molecule has 0 aliphatic carbocycles. The maximum Gasteiger partial charge on any atom is 0.149 e. The molecule has 13 heavy (non-hydrogen) atoms. The van der Waals surface area contributed by atoms with Gasteiger partial charge in [0.05, 0.1) is 12.2 Å². The molecule has 2 rings (SSSR count). The number of hydrogen-bond acceptors (Lipinski definition) is 3. The first-order valence-electron chi connectivity index (χ1n) is 4.50. The van der Waals surface area contributed by atoms with Gasteiger partial charge in [0.1, 0.15) is 5.82 Å². The third-order valence-corrected chi connectivity index (χ3v) is 2.35. The summed E-state index contributed by atoms with van der Waals surface area (Å²) in [5.41, 5.74) is 0. The van der Waals surface area contributed by atoms with E-state index in [0.717, 1.165) is 31.9 Å². The summed E-state index contributed by atoms with van der Waals surface area (Å²) in [4.78, 5) is 3.92. The van der Waals surface area contributed by atoms with E-state index in [0.29, 0.717) is 6.04 Å². The van der Waals surface area contributed by atoms with Crippen molar-refractivity contribution in [3.8, 4) is 0 Å². The van der Waals surface area contributed by atoms with Crippen molar-refractivity contribution in [3.05, 3.63) is 12.3 Å². The van der Waals surface area contributed by atoms with E-state index in [9.17, 15) is 0 Å². The zero-order valence-electron chi connectivity index (χ0n) is 7.52. The number of rotatable bonds is 2. The fraction of sp³-hybridized carbons (Fsp3) is 0.556. The summed E-state index contributed by atoms with van der Waals surface area (Å²) in [5, 5.41) is 4.24. The summed E-state index contributed by atoms with van der Waals surface area (Å²) in [7, 11) is 0. The van der Waals surface area contributed by atoms with Crippen molar-refractivity contribution in [2.45, 2.75) is 18.9 Å². The molecule has 0 bridgehead atoms.